The van der Waals surface area contributed by atoms with Crippen LogP contribution in [-0.4, -0.2) is 38.8 Å². The zero-order valence-electron chi connectivity index (χ0n) is 14.9. The van der Waals surface area contributed by atoms with E-state index in [1.165, 1.54) is 11.4 Å². The molecule has 26 heavy (non-hydrogen) atoms. The van der Waals surface area contributed by atoms with Crippen LogP contribution >= 0.6 is 11.8 Å². The van der Waals surface area contributed by atoms with Crippen LogP contribution in [0.2, 0.25) is 0 Å². The fourth-order valence-corrected chi connectivity index (χ4v) is 4.10. The normalized spacial score (nSPS) is 19.9. The fourth-order valence-electron chi connectivity index (χ4n) is 3.42. The first-order chi connectivity index (χ1) is 12.7. The Morgan fingerprint density at radius 2 is 1.35 bits per heavy atom. The van der Waals surface area contributed by atoms with Crippen molar-refractivity contribution in [3.63, 3.8) is 0 Å². The molecule has 6 heteroatoms. The molecule has 0 radical (unpaired) electrons. The molecule has 0 aliphatic carbocycles. The summed E-state index contributed by atoms with van der Waals surface area (Å²) in [7, 11) is 1.70. The van der Waals surface area contributed by atoms with Crippen LogP contribution in [0.5, 0.6) is 5.75 Å². The third-order valence-electron chi connectivity index (χ3n) is 4.94. The fraction of sp³-hybridized carbons (Fsp3) is 0.300. The van der Waals surface area contributed by atoms with E-state index in [4.69, 9.17) is 10.5 Å². The van der Waals surface area contributed by atoms with Crippen molar-refractivity contribution in [3.8, 4) is 5.75 Å². The summed E-state index contributed by atoms with van der Waals surface area (Å²) in [5.74, 6) is 0.901. The molecule has 5 nitrogen and oxygen atoms in total. The first-order valence-corrected chi connectivity index (χ1v) is 9.79. The quantitative estimate of drug-likeness (QED) is 0.893. The molecule has 1 saturated heterocycles. The van der Waals surface area contributed by atoms with Gasteiger partial charge in [0, 0.05) is 49.4 Å². The molecular weight excluding hydrogens is 344 g/mol. The molecule has 4 rings (SSSR count). The molecule has 1 unspecified atom stereocenters. The maximum Gasteiger partial charge on any atom is 0.133 e. The zero-order valence-corrected chi connectivity index (χ0v) is 15.7. The van der Waals surface area contributed by atoms with E-state index >= 15 is 0 Å². The Kier molecular flexibility index (Phi) is 4.95. The third kappa shape index (κ3) is 3.48. The molecular formula is C20H24N4OS. The molecule has 2 heterocycles. The van der Waals surface area contributed by atoms with Gasteiger partial charge >= 0.3 is 0 Å². The summed E-state index contributed by atoms with van der Waals surface area (Å²) in [5.41, 5.74) is 9.73. The Bertz CT molecular complexity index is 754. The smallest absolute Gasteiger partial charge is 0.133 e. The van der Waals surface area contributed by atoms with Crippen molar-refractivity contribution in [3.05, 3.63) is 60.1 Å². The molecule has 2 N–H and O–H groups in total. The SMILES string of the molecule is COc1ccc(N2CCN(c3ccc(N4C=CSC4N)cc3)CC2)cc1. The van der Waals surface area contributed by atoms with Crippen molar-refractivity contribution in [1.29, 1.82) is 0 Å². The van der Waals surface area contributed by atoms with Crippen molar-refractivity contribution in [2.24, 2.45) is 5.73 Å². The van der Waals surface area contributed by atoms with E-state index in [9.17, 15) is 0 Å². The molecule has 0 aromatic heterocycles. The highest BCUT2D eigenvalue weighted by Gasteiger charge is 2.19. The number of ether oxygens (including phenoxy) is 1. The maximum atomic E-state index is 6.08. The van der Waals surface area contributed by atoms with Gasteiger partial charge in [-0.25, -0.2) is 0 Å². The van der Waals surface area contributed by atoms with Gasteiger partial charge in [-0.05, 0) is 53.9 Å². The molecule has 1 atom stereocenters. The summed E-state index contributed by atoms with van der Waals surface area (Å²) in [6.45, 7) is 4.07. The highest BCUT2D eigenvalue weighted by molar-refractivity contribution is 8.03. The summed E-state index contributed by atoms with van der Waals surface area (Å²) in [4.78, 5) is 6.96. The van der Waals surface area contributed by atoms with Gasteiger partial charge in [-0.3, -0.25) is 0 Å². The van der Waals surface area contributed by atoms with Crippen molar-refractivity contribution >= 4 is 28.8 Å². The number of methoxy groups -OCH3 is 1. The molecule has 2 aliphatic heterocycles. The predicted octanol–water partition coefficient (Wildman–Crippen LogP) is 3.29. The second kappa shape index (κ2) is 7.51. The second-order valence-electron chi connectivity index (χ2n) is 6.41. The zero-order chi connectivity index (χ0) is 17.9. The number of nitrogens with two attached hydrogens (primary N) is 1. The van der Waals surface area contributed by atoms with Gasteiger partial charge in [0.2, 0.25) is 0 Å². The van der Waals surface area contributed by atoms with Crippen molar-refractivity contribution < 1.29 is 4.74 Å². The number of thioether (sulfide) groups is 1. The minimum atomic E-state index is -0.0195. The van der Waals surface area contributed by atoms with Crippen LogP contribution in [0.15, 0.2) is 60.1 Å². The van der Waals surface area contributed by atoms with E-state index in [1.807, 2.05) is 23.7 Å². The van der Waals surface area contributed by atoms with E-state index in [0.29, 0.717) is 0 Å². The lowest BCUT2D eigenvalue weighted by Gasteiger charge is -2.37. The summed E-state index contributed by atoms with van der Waals surface area (Å²) >= 11 is 1.63. The highest BCUT2D eigenvalue weighted by Crippen LogP contribution is 2.30. The van der Waals surface area contributed by atoms with Crippen LogP contribution in [0, 0.1) is 0 Å². The summed E-state index contributed by atoms with van der Waals surface area (Å²) < 4.78 is 5.24. The molecule has 2 aliphatic rings. The number of nitrogens with zero attached hydrogens (tertiary/aromatic N) is 3. The van der Waals surface area contributed by atoms with Crippen LogP contribution in [0.4, 0.5) is 17.1 Å². The summed E-state index contributed by atoms with van der Waals surface area (Å²) in [5, 5.41) is 2.04. The molecule has 0 spiro atoms. The van der Waals surface area contributed by atoms with Crippen LogP contribution in [0.3, 0.4) is 0 Å². The van der Waals surface area contributed by atoms with Gasteiger partial charge in [-0.2, -0.15) is 0 Å². The predicted molar refractivity (Wildman–Crippen MR) is 111 cm³/mol. The molecule has 2 aromatic carbocycles. The Labute approximate surface area is 159 Å². The van der Waals surface area contributed by atoms with E-state index < -0.39 is 0 Å². The van der Waals surface area contributed by atoms with Gasteiger partial charge in [0.25, 0.3) is 0 Å². The molecule has 0 bridgehead atoms. The topological polar surface area (TPSA) is 45.0 Å². The minimum Gasteiger partial charge on any atom is -0.497 e. The molecule has 2 aromatic rings. The Morgan fingerprint density at radius 3 is 1.81 bits per heavy atom. The van der Waals surface area contributed by atoms with Crippen LogP contribution in [0.1, 0.15) is 0 Å². The molecule has 0 saturated carbocycles. The van der Waals surface area contributed by atoms with Gasteiger partial charge in [-0.15, -0.1) is 0 Å². The van der Waals surface area contributed by atoms with Crippen LogP contribution in [0.25, 0.3) is 0 Å². The number of rotatable bonds is 4. The van der Waals surface area contributed by atoms with E-state index in [1.54, 1.807) is 18.9 Å². The average molecular weight is 369 g/mol. The van der Waals surface area contributed by atoms with E-state index in [2.05, 4.69) is 51.1 Å². The Hall–Kier alpha value is -2.31. The standard InChI is InChI=1S/C20H24N4OS/c1-25-19-8-6-17(7-9-19)23-12-10-22(11-13-23)16-2-4-18(5-3-16)24-14-15-26-20(24)21/h2-9,14-15,20H,10-13,21H2,1H3. The summed E-state index contributed by atoms with van der Waals surface area (Å²) in [6, 6.07) is 17.0. The Morgan fingerprint density at radius 1 is 0.846 bits per heavy atom. The number of hydrogen-bond donors (Lipinski definition) is 1. The lowest BCUT2D eigenvalue weighted by molar-refractivity contribution is 0.415. The first-order valence-electron chi connectivity index (χ1n) is 8.85. The van der Waals surface area contributed by atoms with Crippen molar-refractivity contribution in [1.82, 2.24) is 0 Å². The monoisotopic (exact) mass is 368 g/mol. The lowest BCUT2D eigenvalue weighted by atomic mass is 10.2. The number of benzene rings is 2. The van der Waals surface area contributed by atoms with E-state index in [-0.39, 0.29) is 5.50 Å². The minimum absolute atomic E-state index is 0.0195. The van der Waals surface area contributed by atoms with Gasteiger partial charge < -0.3 is 25.2 Å². The second-order valence-corrected chi connectivity index (χ2v) is 7.43. The number of piperazine rings is 1. The Balaban J connectivity index is 1.37. The van der Waals surface area contributed by atoms with E-state index in [0.717, 1.165) is 37.6 Å². The maximum absolute atomic E-state index is 6.08. The van der Waals surface area contributed by atoms with Gasteiger partial charge in [0.1, 0.15) is 11.2 Å². The lowest BCUT2D eigenvalue weighted by Crippen LogP contribution is -2.46. The van der Waals surface area contributed by atoms with Gasteiger partial charge in [-0.1, -0.05) is 11.8 Å². The average Bonchev–Trinajstić information content (AvgIpc) is 3.14. The summed E-state index contributed by atoms with van der Waals surface area (Å²) in [6.07, 6.45) is 2.04. The van der Waals surface area contributed by atoms with Crippen molar-refractivity contribution in [2.45, 2.75) is 5.50 Å². The largest absolute Gasteiger partial charge is 0.497 e. The first kappa shape index (κ1) is 17.1. The molecule has 0 amide bonds. The van der Waals surface area contributed by atoms with Gasteiger partial charge in [0.05, 0.1) is 7.11 Å². The van der Waals surface area contributed by atoms with Crippen LogP contribution in [-0.2, 0) is 0 Å². The third-order valence-corrected chi connectivity index (χ3v) is 5.73. The van der Waals surface area contributed by atoms with Crippen molar-refractivity contribution in [2.75, 3.05) is 48.0 Å². The molecule has 1 fully saturated rings. The molecule has 136 valence electrons. The number of anilines is 3. The number of hydrogen-bond acceptors (Lipinski definition) is 6. The van der Waals surface area contributed by atoms with Gasteiger partial charge in [0.15, 0.2) is 0 Å². The van der Waals surface area contributed by atoms with Crippen LogP contribution < -0.4 is 25.2 Å². The highest BCUT2D eigenvalue weighted by atomic mass is 32.2.